The minimum atomic E-state index is 0.550. The van der Waals surface area contributed by atoms with Crippen molar-refractivity contribution in [3.8, 4) is 5.75 Å². The van der Waals surface area contributed by atoms with Crippen LogP contribution in [0.3, 0.4) is 0 Å². The molecule has 1 heterocycles. The van der Waals surface area contributed by atoms with Gasteiger partial charge in [-0.3, -0.25) is 0 Å². The van der Waals surface area contributed by atoms with Gasteiger partial charge in [0.2, 0.25) is 5.95 Å². The molecule has 0 amide bonds. The fourth-order valence-electron chi connectivity index (χ4n) is 2.52. The predicted octanol–water partition coefficient (Wildman–Crippen LogP) is 4.44. The Hall–Kier alpha value is -2.49. The molecule has 0 bridgehead atoms. The predicted molar refractivity (Wildman–Crippen MR) is 90.8 cm³/mol. The van der Waals surface area contributed by atoms with E-state index in [9.17, 15) is 0 Å². The zero-order valence-corrected chi connectivity index (χ0v) is 13.2. The summed E-state index contributed by atoms with van der Waals surface area (Å²) < 4.78 is 7.44. The molecule has 1 aromatic heterocycles. The third-order valence-electron chi connectivity index (χ3n) is 3.55. The quantitative estimate of drug-likeness (QED) is 0.756. The van der Waals surface area contributed by atoms with Gasteiger partial charge in [0.25, 0.3) is 0 Å². The molecule has 0 fully saturated rings. The average Bonchev–Trinajstić information content (AvgIpc) is 2.85. The fraction of sp³-hybridized carbons (Fsp3) is 0.278. The number of para-hydroxylation sites is 2. The van der Waals surface area contributed by atoms with Crippen LogP contribution in [0.5, 0.6) is 5.75 Å². The Labute approximate surface area is 130 Å². The van der Waals surface area contributed by atoms with Gasteiger partial charge in [0, 0.05) is 12.2 Å². The van der Waals surface area contributed by atoms with E-state index in [1.165, 1.54) is 0 Å². The van der Waals surface area contributed by atoms with Crippen LogP contribution in [0.25, 0.3) is 11.0 Å². The van der Waals surface area contributed by atoms with E-state index in [4.69, 9.17) is 9.72 Å². The van der Waals surface area contributed by atoms with E-state index in [0.717, 1.165) is 35.0 Å². The summed E-state index contributed by atoms with van der Waals surface area (Å²) in [6, 6.07) is 16.1. The minimum absolute atomic E-state index is 0.550. The molecule has 1 N–H and O–H groups in total. The molecule has 3 aromatic rings. The lowest BCUT2D eigenvalue weighted by Gasteiger charge is -2.13. The van der Waals surface area contributed by atoms with Gasteiger partial charge in [-0.1, -0.05) is 26.0 Å². The van der Waals surface area contributed by atoms with Crippen molar-refractivity contribution in [2.24, 2.45) is 5.92 Å². The van der Waals surface area contributed by atoms with E-state index in [1.807, 2.05) is 36.4 Å². The van der Waals surface area contributed by atoms with Crippen molar-refractivity contribution in [3.05, 3.63) is 48.5 Å². The van der Waals surface area contributed by atoms with Crippen LogP contribution in [0, 0.1) is 5.92 Å². The van der Waals surface area contributed by atoms with Crippen molar-refractivity contribution in [2.45, 2.75) is 20.4 Å². The van der Waals surface area contributed by atoms with Crippen molar-refractivity contribution in [1.29, 1.82) is 0 Å². The van der Waals surface area contributed by atoms with Crippen LogP contribution in [0.4, 0.5) is 11.6 Å². The lowest BCUT2D eigenvalue weighted by Crippen LogP contribution is -2.08. The molecular weight excluding hydrogens is 274 g/mol. The summed E-state index contributed by atoms with van der Waals surface area (Å²) >= 11 is 0. The van der Waals surface area contributed by atoms with Crippen molar-refractivity contribution >= 4 is 22.7 Å². The van der Waals surface area contributed by atoms with Gasteiger partial charge in [-0.05, 0) is 42.3 Å². The maximum Gasteiger partial charge on any atom is 0.208 e. The second-order valence-electron chi connectivity index (χ2n) is 5.78. The van der Waals surface area contributed by atoms with Crippen LogP contribution in [-0.2, 0) is 6.54 Å². The van der Waals surface area contributed by atoms with Gasteiger partial charge >= 0.3 is 0 Å². The molecule has 0 unspecified atom stereocenters. The van der Waals surface area contributed by atoms with Crippen LogP contribution >= 0.6 is 0 Å². The fourth-order valence-corrected chi connectivity index (χ4v) is 2.52. The highest BCUT2D eigenvalue weighted by Crippen LogP contribution is 2.25. The first-order valence-electron chi connectivity index (χ1n) is 7.53. The van der Waals surface area contributed by atoms with Crippen LogP contribution in [0.15, 0.2) is 48.5 Å². The second kappa shape index (κ2) is 6.10. The number of rotatable bonds is 5. The molecule has 114 valence electrons. The Kier molecular flexibility index (Phi) is 4.00. The monoisotopic (exact) mass is 295 g/mol. The van der Waals surface area contributed by atoms with E-state index >= 15 is 0 Å². The number of imidazole rings is 1. The summed E-state index contributed by atoms with van der Waals surface area (Å²) in [5, 5.41) is 3.41. The molecule has 4 nitrogen and oxygen atoms in total. The molecule has 4 heteroatoms. The Bertz CT molecular complexity index is 760. The summed E-state index contributed by atoms with van der Waals surface area (Å²) in [5.74, 6) is 2.27. The number of hydrogen-bond acceptors (Lipinski definition) is 3. The van der Waals surface area contributed by atoms with Gasteiger partial charge in [0.05, 0.1) is 18.1 Å². The molecule has 0 radical (unpaired) electrons. The number of nitrogens with one attached hydrogen (secondary N) is 1. The van der Waals surface area contributed by atoms with Gasteiger partial charge in [-0.2, -0.15) is 0 Å². The maximum atomic E-state index is 5.20. The van der Waals surface area contributed by atoms with E-state index in [-0.39, 0.29) is 0 Å². The highest BCUT2D eigenvalue weighted by molar-refractivity contribution is 5.79. The van der Waals surface area contributed by atoms with Crippen LogP contribution < -0.4 is 10.1 Å². The van der Waals surface area contributed by atoms with Gasteiger partial charge in [0.1, 0.15) is 5.75 Å². The highest BCUT2D eigenvalue weighted by atomic mass is 16.5. The van der Waals surface area contributed by atoms with Crippen molar-refractivity contribution < 1.29 is 4.74 Å². The summed E-state index contributed by atoms with van der Waals surface area (Å²) in [6.45, 7) is 5.36. The number of nitrogens with zero attached hydrogens (tertiary/aromatic N) is 2. The summed E-state index contributed by atoms with van der Waals surface area (Å²) in [4.78, 5) is 4.72. The largest absolute Gasteiger partial charge is 0.497 e. The first-order chi connectivity index (χ1) is 10.7. The normalized spacial score (nSPS) is 11.1. The first kappa shape index (κ1) is 14.4. The first-order valence-corrected chi connectivity index (χ1v) is 7.53. The number of benzene rings is 2. The third-order valence-corrected chi connectivity index (χ3v) is 3.55. The topological polar surface area (TPSA) is 39.1 Å². The van der Waals surface area contributed by atoms with Gasteiger partial charge in [-0.15, -0.1) is 0 Å². The lowest BCUT2D eigenvalue weighted by atomic mass is 10.2. The van der Waals surface area contributed by atoms with Gasteiger partial charge < -0.3 is 14.6 Å². The average molecular weight is 295 g/mol. The van der Waals surface area contributed by atoms with E-state index in [2.05, 4.69) is 35.9 Å². The molecule has 0 saturated carbocycles. The minimum Gasteiger partial charge on any atom is -0.497 e. The van der Waals surface area contributed by atoms with Crippen molar-refractivity contribution in [1.82, 2.24) is 9.55 Å². The molecule has 0 aliphatic carbocycles. The van der Waals surface area contributed by atoms with E-state index in [1.54, 1.807) is 7.11 Å². The molecule has 0 aliphatic heterocycles. The Morgan fingerprint density at radius 1 is 1.09 bits per heavy atom. The molecule has 22 heavy (non-hydrogen) atoms. The maximum absolute atomic E-state index is 5.20. The summed E-state index contributed by atoms with van der Waals surface area (Å²) in [7, 11) is 1.67. The van der Waals surface area contributed by atoms with Crippen LogP contribution in [0.1, 0.15) is 13.8 Å². The number of hydrogen-bond donors (Lipinski definition) is 1. The highest BCUT2D eigenvalue weighted by Gasteiger charge is 2.11. The van der Waals surface area contributed by atoms with Gasteiger partial charge in [-0.25, -0.2) is 4.98 Å². The van der Waals surface area contributed by atoms with E-state index < -0.39 is 0 Å². The SMILES string of the molecule is COc1ccc(Nc2nc3ccccc3n2CC(C)C)cc1. The van der Waals surface area contributed by atoms with Crippen molar-refractivity contribution in [3.63, 3.8) is 0 Å². The van der Waals surface area contributed by atoms with Gasteiger partial charge in [0.15, 0.2) is 0 Å². The van der Waals surface area contributed by atoms with Crippen molar-refractivity contribution in [2.75, 3.05) is 12.4 Å². The zero-order chi connectivity index (χ0) is 15.5. The van der Waals surface area contributed by atoms with E-state index in [0.29, 0.717) is 5.92 Å². The number of aromatic nitrogens is 2. The Balaban J connectivity index is 1.97. The molecule has 0 saturated heterocycles. The second-order valence-corrected chi connectivity index (χ2v) is 5.78. The molecule has 3 rings (SSSR count). The third kappa shape index (κ3) is 2.91. The molecule has 0 atom stereocenters. The zero-order valence-electron chi connectivity index (χ0n) is 13.2. The smallest absolute Gasteiger partial charge is 0.208 e. The Morgan fingerprint density at radius 3 is 2.50 bits per heavy atom. The summed E-state index contributed by atoms with van der Waals surface area (Å²) in [5.41, 5.74) is 3.17. The standard InChI is InChI=1S/C18H21N3O/c1-13(2)12-21-17-7-5-4-6-16(17)20-18(21)19-14-8-10-15(22-3)11-9-14/h4-11,13H,12H2,1-3H3,(H,19,20). The molecule has 0 spiro atoms. The number of fused-ring (bicyclic) bond motifs is 1. The molecule has 0 aliphatic rings. The van der Waals surface area contributed by atoms with Crippen LogP contribution in [0.2, 0.25) is 0 Å². The van der Waals surface area contributed by atoms with Crippen LogP contribution in [-0.4, -0.2) is 16.7 Å². The Morgan fingerprint density at radius 2 is 1.82 bits per heavy atom. The molecular formula is C18H21N3O. The number of ether oxygens (including phenoxy) is 1. The number of methoxy groups -OCH3 is 1. The number of anilines is 2. The summed E-state index contributed by atoms with van der Waals surface area (Å²) in [6.07, 6.45) is 0. The lowest BCUT2D eigenvalue weighted by molar-refractivity contribution is 0.415. The molecule has 2 aromatic carbocycles.